The fraction of sp³-hybridized carbons (Fsp3) is 0.545. The Morgan fingerprint density at radius 3 is 3.00 bits per heavy atom. The Hall–Kier alpha value is -0.800. The zero-order chi connectivity index (χ0) is 10.3. The fourth-order valence-electron chi connectivity index (χ4n) is 2.57. The number of aromatic nitrogens is 1. The maximum atomic E-state index is 5.87. The number of hydrogen-bond acceptors (Lipinski definition) is 3. The van der Waals surface area contributed by atoms with Gasteiger partial charge in [0.25, 0.3) is 0 Å². The van der Waals surface area contributed by atoms with Crippen LogP contribution in [0.5, 0.6) is 0 Å². The van der Waals surface area contributed by atoms with Gasteiger partial charge in [-0.1, -0.05) is 11.6 Å². The van der Waals surface area contributed by atoms with E-state index in [0.717, 1.165) is 38.3 Å². The van der Waals surface area contributed by atoms with Crippen molar-refractivity contribution >= 4 is 17.3 Å². The minimum atomic E-state index is 0.241. The second-order valence-corrected chi connectivity index (χ2v) is 4.69. The molecule has 15 heavy (non-hydrogen) atoms. The number of anilines is 1. The molecule has 1 aromatic heterocycles. The summed E-state index contributed by atoms with van der Waals surface area (Å²) in [5, 5.41) is 3.98. The lowest BCUT2D eigenvalue weighted by molar-refractivity contribution is 0.0566. The molecule has 0 radical (unpaired) electrons. The first-order valence-corrected chi connectivity index (χ1v) is 5.66. The van der Waals surface area contributed by atoms with Crippen molar-refractivity contribution in [3.63, 3.8) is 0 Å². The van der Waals surface area contributed by atoms with E-state index >= 15 is 0 Å². The molecule has 3 rings (SSSR count). The Bertz CT molecular complexity index is 388. The zero-order valence-electron chi connectivity index (χ0n) is 8.42. The van der Waals surface area contributed by atoms with Crippen LogP contribution in [0.3, 0.4) is 0 Å². The average molecular weight is 225 g/mol. The number of hydrogen-bond donors (Lipinski definition) is 1. The molecule has 1 saturated heterocycles. The molecule has 0 amide bonds. The van der Waals surface area contributed by atoms with E-state index in [0.29, 0.717) is 5.15 Å². The van der Waals surface area contributed by atoms with Crippen molar-refractivity contribution in [3.05, 3.63) is 23.0 Å². The molecular weight excluding hydrogens is 212 g/mol. The fourth-order valence-corrected chi connectivity index (χ4v) is 2.72. The predicted molar refractivity (Wildman–Crippen MR) is 59.5 cm³/mol. The summed E-state index contributed by atoms with van der Waals surface area (Å²) >= 11 is 5.87. The molecule has 3 heterocycles. The minimum Gasteiger partial charge on any atom is -0.384 e. The van der Waals surface area contributed by atoms with Crippen LogP contribution >= 0.6 is 11.6 Å². The van der Waals surface area contributed by atoms with Gasteiger partial charge in [0.1, 0.15) is 5.15 Å². The maximum Gasteiger partial charge on any atom is 0.131 e. The highest BCUT2D eigenvalue weighted by Gasteiger charge is 2.40. The lowest BCUT2D eigenvalue weighted by Crippen LogP contribution is -2.35. The summed E-state index contributed by atoms with van der Waals surface area (Å²) < 4.78 is 5.42. The van der Waals surface area contributed by atoms with E-state index in [1.54, 1.807) is 0 Å². The summed E-state index contributed by atoms with van der Waals surface area (Å²) in [5.74, 6) is 0. The smallest absolute Gasteiger partial charge is 0.131 e. The highest BCUT2D eigenvalue weighted by molar-refractivity contribution is 6.29. The summed E-state index contributed by atoms with van der Waals surface area (Å²) in [6.07, 6.45) is 4.08. The molecule has 0 atom stereocenters. The molecule has 0 bridgehead atoms. The molecule has 0 unspecified atom stereocenters. The van der Waals surface area contributed by atoms with Gasteiger partial charge < -0.3 is 10.1 Å². The normalized spacial score (nSPS) is 22.5. The Balaban J connectivity index is 2.03. The molecule has 1 aromatic rings. The van der Waals surface area contributed by atoms with Crippen molar-refractivity contribution in [1.82, 2.24) is 4.98 Å². The van der Waals surface area contributed by atoms with Crippen LogP contribution < -0.4 is 5.32 Å². The largest absolute Gasteiger partial charge is 0.384 e. The topological polar surface area (TPSA) is 34.1 Å². The van der Waals surface area contributed by atoms with Gasteiger partial charge in [0, 0.05) is 42.6 Å². The SMILES string of the molecule is Clc1cc2c(cn1)C1(CCOCC1)CN2. The van der Waals surface area contributed by atoms with E-state index < -0.39 is 0 Å². The summed E-state index contributed by atoms with van der Waals surface area (Å²) in [4.78, 5) is 4.18. The molecule has 0 aromatic carbocycles. The number of pyridine rings is 1. The first-order valence-electron chi connectivity index (χ1n) is 5.28. The van der Waals surface area contributed by atoms with Gasteiger partial charge in [-0.15, -0.1) is 0 Å². The van der Waals surface area contributed by atoms with Crippen LogP contribution in [0, 0.1) is 0 Å². The van der Waals surface area contributed by atoms with Gasteiger partial charge in [0.15, 0.2) is 0 Å². The maximum absolute atomic E-state index is 5.87. The molecule has 4 heteroatoms. The van der Waals surface area contributed by atoms with Crippen LogP contribution in [0.2, 0.25) is 5.15 Å². The van der Waals surface area contributed by atoms with Gasteiger partial charge in [0.2, 0.25) is 0 Å². The zero-order valence-corrected chi connectivity index (χ0v) is 9.18. The van der Waals surface area contributed by atoms with Crippen molar-refractivity contribution in [2.45, 2.75) is 18.3 Å². The summed E-state index contributed by atoms with van der Waals surface area (Å²) in [5.41, 5.74) is 2.71. The highest BCUT2D eigenvalue weighted by Crippen LogP contribution is 2.43. The third-order valence-corrected chi connectivity index (χ3v) is 3.72. The summed E-state index contributed by atoms with van der Waals surface area (Å²) in [6, 6.07) is 1.92. The van der Waals surface area contributed by atoms with Crippen LogP contribution in [0.15, 0.2) is 12.3 Å². The molecule has 1 spiro atoms. The van der Waals surface area contributed by atoms with Crippen LogP contribution in [0.25, 0.3) is 0 Å². The molecule has 1 N–H and O–H groups in total. The molecule has 80 valence electrons. The van der Waals surface area contributed by atoms with Gasteiger partial charge in [-0.2, -0.15) is 0 Å². The number of nitrogens with one attached hydrogen (secondary N) is 1. The first kappa shape index (κ1) is 9.43. The third-order valence-electron chi connectivity index (χ3n) is 3.51. The Morgan fingerprint density at radius 1 is 1.40 bits per heavy atom. The number of halogens is 1. The first-order chi connectivity index (χ1) is 7.30. The number of ether oxygens (including phenoxy) is 1. The molecule has 3 nitrogen and oxygen atoms in total. The number of fused-ring (bicyclic) bond motifs is 2. The highest BCUT2D eigenvalue weighted by atomic mass is 35.5. The van der Waals surface area contributed by atoms with Crippen molar-refractivity contribution < 1.29 is 4.74 Å². The van der Waals surface area contributed by atoms with E-state index in [9.17, 15) is 0 Å². The van der Waals surface area contributed by atoms with Crippen molar-refractivity contribution in [2.24, 2.45) is 0 Å². The van der Waals surface area contributed by atoms with Gasteiger partial charge >= 0.3 is 0 Å². The lowest BCUT2D eigenvalue weighted by atomic mass is 9.76. The van der Waals surface area contributed by atoms with Gasteiger partial charge in [-0.05, 0) is 18.9 Å². The molecular formula is C11H13ClN2O. The van der Waals surface area contributed by atoms with E-state index in [-0.39, 0.29) is 5.41 Å². The van der Waals surface area contributed by atoms with Crippen LogP contribution in [-0.4, -0.2) is 24.7 Å². The van der Waals surface area contributed by atoms with Crippen molar-refractivity contribution in [2.75, 3.05) is 25.1 Å². The molecule has 2 aliphatic rings. The average Bonchev–Trinajstić information content (AvgIpc) is 2.58. The second-order valence-electron chi connectivity index (χ2n) is 4.30. The summed E-state index contributed by atoms with van der Waals surface area (Å²) in [7, 11) is 0. The van der Waals surface area contributed by atoms with E-state index in [1.165, 1.54) is 5.56 Å². The second kappa shape index (κ2) is 3.35. The molecule has 0 saturated carbocycles. The van der Waals surface area contributed by atoms with Gasteiger partial charge in [-0.25, -0.2) is 4.98 Å². The molecule has 1 fully saturated rings. The number of nitrogens with zero attached hydrogens (tertiary/aromatic N) is 1. The summed E-state index contributed by atoms with van der Waals surface area (Å²) in [6.45, 7) is 2.70. The van der Waals surface area contributed by atoms with Crippen molar-refractivity contribution in [1.29, 1.82) is 0 Å². The predicted octanol–water partition coefficient (Wildman–Crippen LogP) is 2.21. The Morgan fingerprint density at radius 2 is 2.20 bits per heavy atom. The molecule has 2 aliphatic heterocycles. The molecule has 0 aliphatic carbocycles. The third kappa shape index (κ3) is 1.42. The van der Waals surface area contributed by atoms with E-state index in [4.69, 9.17) is 16.3 Å². The Labute approximate surface area is 93.8 Å². The minimum absolute atomic E-state index is 0.241. The monoisotopic (exact) mass is 224 g/mol. The van der Waals surface area contributed by atoms with Gasteiger partial charge in [-0.3, -0.25) is 0 Å². The van der Waals surface area contributed by atoms with Gasteiger partial charge in [0.05, 0.1) is 0 Å². The van der Waals surface area contributed by atoms with Crippen LogP contribution in [0.4, 0.5) is 5.69 Å². The Kier molecular flexibility index (Phi) is 2.11. The van der Waals surface area contributed by atoms with E-state index in [1.807, 2.05) is 12.3 Å². The quantitative estimate of drug-likeness (QED) is 0.687. The van der Waals surface area contributed by atoms with Crippen LogP contribution in [-0.2, 0) is 10.2 Å². The van der Waals surface area contributed by atoms with E-state index in [2.05, 4.69) is 10.3 Å². The van der Waals surface area contributed by atoms with Crippen LogP contribution in [0.1, 0.15) is 18.4 Å². The lowest BCUT2D eigenvalue weighted by Gasteiger charge is -2.32. The number of rotatable bonds is 0. The standard InChI is InChI=1S/C11H13ClN2O/c12-10-5-9-8(6-13-10)11(7-14-9)1-3-15-4-2-11/h5-6,14H,1-4,7H2. The van der Waals surface area contributed by atoms with Crippen molar-refractivity contribution in [3.8, 4) is 0 Å².